The van der Waals surface area contributed by atoms with E-state index in [1.54, 1.807) is 4.68 Å². The maximum atomic E-state index is 14.5. The highest BCUT2D eigenvalue weighted by atomic mass is 19.1. The van der Waals surface area contributed by atoms with Crippen LogP contribution >= 0.6 is 0 Å². The van der Waals surface area contributed by atoms with Gasteiger partial charge in [-0.2, -0.15) is 5.10 Å². The molecule has 2 saturated carbocycles. The summed E-state index contributed by atoms with van der Waals surface area (Å²) in [7, 11) is 1.85. The molecule has 0 unspecified atom stereocenters. The van der Waals surface area contributed by atoms with E-state index in [0.717, 1.165) is 37.8 Å². The van der Waals surface area contributed by atoms with Crippen LogP contribution in [0.2, 0.25) is 0 Å². The van der Waals surface area contributed by atoms with E-state index in [0.29, 0.717) is 23.2 Å². The molecular weight excluding hydrogens is 333 g/mol. The molecule has 0 aromatic carbocycles. The lowest BCUT2D eigenvalue weighted by Crippen LogP contribution is -2.33. The summed E-state index contributed by atoms with van der Waals surface area (Å²) in [5, 5.41) is 7.62. The quantitative estimate of drug-likeness (QED) is 0.756. The molecule has 0 amide bonds. The van der Waals surface area contributed by atoms with Crippen LogP contribution in [0.15, 0.2) is 6.20 Å². The number of hydrogen-bond donors (Lipinski definition) is 3. The van der Waals surface area contributed by atoms with Gasteiger partial charge in [0.1, 0.15) is 5.69 Å². The lowest BCUT2D eigenvalue weighted by molar-refractivity contribution is 0.409. The first kappa shape index (κ1) is 17.2. The molecule has 0 spiro atoms. The average molecular weight is 359 g/mol. The summed E-state index contributed by atoms with van der Waals surface area (Å²) >= 11 is 0. The lowest BCUT2D eigenvalue weighted by Gasteiger charge is -2.26. The van der Waals surface area contributed by atoms with Gasteiger partial charge in [0.25, 0.3) is 0 Å². The van der Waals surface area contributed by atoms with Gasteiger partial charge in [-0.1, -0.05) is 0 Å². The van der Waals surface area contributed by atoms with Gasteiger partial charge in [-0.25, -0.2) is 14.4 Å². The van der Waals surface area contributed by atoms with Crippen LogP contribution < -0.4 is 16.8 Å². The predicted molar refractivity (Wildman–Crippen MR) is 98.9 cm³/mol. The van der Waals surface area contributed by atoms with E-state index >= 15 is 0 Å². The number of rotatable bonds is 5. The SMILES string of the molecule is Cn1nc(N)c(-c2nc(NC3CCC(N)CC3)ncc2F)c1CC1CC1. The summed E-state index contributed by atoms with van der Waals surface area (Å²) in [4.78, 5) is 8.58. The Morgan fingerprint density at radius 1 is 1.23 bits per heavy atom. The molecule has 2 aliphatic rings. The zero-order valence-corrected chi connectivity index (χ0v) is 15.1. The minimum atomic E-state index is -0.474. The first-order valence-corrected chi connectivity index (χ1v) is 9.37. The smallest absolute Gasteiger partial charge is 0.223 e. The van der Waals surface area contributed by atoms with Crippen molar-refractivity contribution in [1.29, 1.82) is 0 Å². The van der Waals surface area contributed by atoms with Gasteiger partial charge >= 0.3 is 0 Å². The molecule has 7 nitrogen and oxygen atoms in total. The fourth-order valence-corrected chi connectivity index (χ4v) is 3.73. The molecule has 4 rings (SSSR count). The number of anilines is 2. The van der Waals surface area contributed by atoms with Crippen molar-refractivity contribution in [1.82, 2.24) is 19.7 Å². The van der Waals surface area contributed by atoms with Gasteiger partial charge in [0, 0.05) is 19.1 Å². The van der Waals surface area contributed by atoms with Crippen LogP contribution in [0.3, 0.4) is 0 Å². The number of nitrogens with zero attached hydrogens (tertiary/aromatic N) is 4. The van der Waals surface area contributed by atoms with Gasteiger partial charge in [-0.15, -0.1) is 0 Å². The Morgan fingerprint density at radius 3 is 2.65 bits per heavy atom. The molecule has 0 radical (unpaired) electrons. The Morgan fingerprint density at radius 2 is 1.96 bits per heavy atom. The highest BCUT2D eigenvalue weighted by molar-refractivity contribution is 5.74. The predicted octanol–water partition coefficient (Wildman–Crippen LogP) is 2.23. The second-order valence-electron chi connectivity index (χ2n) is 7.62. The second-order valence-corrected chi connectivity index (χ2v) is 7.62. The van der Waals surface area contributed by atoms with Crippen LogP contribution in [-0.4, -0.2) is 31.8 Å². The summed E-state index contributed by atoms with van der Waals surface area (Å²) in [6.07, 6.45) is 8.37. The van der Waals surface area contributed by atoms with Crippen molar-refractivity contribution < 1.29 is 4.39 Å². The highest BCUT2D eigenvalue weighted by Crippen LogP contribution is 2.38. The molecule has 140 valence electrons. The zero-order chi connectivity index (χ0) is 18.3. The molecule has 0 bridgehead atoms. The van der Waals surface area contributed by atoms with E-state index in [1.807, 2.05) is 7.05 Å². The average Bonchev–Trinajstić information content (AvgIpc) is 3.38. The van der Waals surface area contributed by atoms with E-state index in [1.165, 1.54) is 19.0 Å². The number of aryl methyl sites for hydroxylation is 1. The Labute approximate surface area is 152 Å². The van der Waals surface area contributed by atoms with E-state index < -0.39 is 5.82 Å². The van der Waals surface area contributed by atoms with Crippen molar-refractivity contribution in [2.24, 2.45) is 18.7 Å². The molecule has 8 heteroatoms. The maximum absolute atomic E-state index is 14.5. The fourth-order valence-electron chi connectivity index (χ4n) is 3.73. The number of nitrogens with one attached hydrogen (secondary N) is 1. The number of hydrogen-bond acceptors (Lipinski definition) is 6. The topological polar surface area (TPSA) is 108 Å². The molecule has 26 heavy (non-hydrogen) atoms. The van der Waals surface area contributed by atoms with E-state index in [2.05, 4.69) is 20.4 Å². The van der Waals surface area contributed by atoms with Crippen molar-refractivity contribution in [3.63, 3.8) is 0 Å². The summed E-state index contributed by atoms with van der Waals surface area (Å²) in [6.45, 7) is 0. The molecule has 0 saturated heterocycles. The number of nitrogen functional groups attached to an aromatic ring is 1. The molecule has 5 N–H and O–H groups in total. The van der Waals surface area contributed by atoms with Gasteiger partial charge in [-0.3, -0.25) is 4.68 Å². The van der Waals surface area contributed by atoms with E-state index in [4.69, 9.17) is 11.5 Å². The van der Waals surface area contributed by atoms with Gasteiger partial charge in [-0.05, 0) is 50.9 Å². The van der Waals surface area contributed by atoms with Crippen LogP contribution in [-0.2, 0) is 13.5 Å². The zero-order valence-electron chi connectivity index (χ0n) is 15.1. The van der Waals surface area contributed by atoms with E-state index in [-0.39, 0.29) is 17.8 Å². The van der Waals surface area contributed by atoms with Crippen LogP contribution in [0.4, 0.5) is 16.2 Å². The Hall–Kier alpha value is -2.22. The molecular formula is C18H26FN7. The van der Waals surface area contributed by atoms with Gasteiger partial charge in [0.15, 0.2) is 11.6 Å². The molecule has 0 aliphatic heterocycles. The molecule has 2 fully saturated rings. The van der Waals surface area contributed by atoms with Crippen molar-refractivity contribution in [2.45, 2.75) is 57.0 Å². The maximum Gasteiger partial charge on any atom is 0.223 e. The molecule has 2 aromatic rings. The highest BCUT2D eigenvalue weighted by Gasteiger charge is 2.28. The summed E-state index contributed by atoms with van der Waals surface area (Å²) in [6, 6.07) is 0.545. The van der Waals surface area contributed by atoms with Crippen LogP contribution in [0.1, 0.15) is 44.2 Å². The largest absolute Gasteiger partial charge is 0.382 e. The monoisotopic (exact) mass is 359 g/mol. The fraction of sp³-hybridized carbons (Fsp3) is 0.611. The van der Waals surface area contributed by atoms with Gasteiger partial charge in [0.05, 0.1) is 17.5 Å². The van der Waals surface area contributed by atoms with Crippen LogP contribution in [0.5, 0.6) is 0 Å². The molecule has 2 aliphatic carbocycles. The summed E-state index contributed by atoms with van der Waals surface area (Å²) < 4.78 is 16.3. The summed E-state index contributed by atoms with van der Waals surface area (Å²) in [5.41, 5.74) is 13.8. The summed E-state index contributed by atoms with van der Waals surface area (Å²) in [5.74, 6) is 0.910. The Balaban J connectivity index is 1.62. The Bertz CT molecular complexity index is 791. The Kier molecular flexibility index (Phi) is 4.52. The lowest BCUT2D eigenvalue weighted by atomic mass is 9.92. The first-order chi connectivity index (χ1) is 12.5. The van der Waals surface area contributed by atoms with Crippen LogP contribution in [0, 0.1) is 11.7 Å². The first-order valence-electron chi connectivity index (χ1n) is 9.37. The third kappa shape index (κ3) is 3.51. The van der Waals surface area contributed by atoms with Gasteiger partial charge in [0.2, 0.25) is 5.95 Å². The normalized spacial score (nSPS) is 23.2. The third-order valence-corrected chi connectivity index (χ3v) is 5.46. The standard InChI is InChI=1S/C18H26FN7/c1-26-14(8-10-2-3-10)15(17(21)25-26)16-13(19)9-22-18(24-16)23-12-6-4-11(20)5-7-12/h9-12H,2-8,20H2,1H3,(H2,21,25)(H,22,23,24). The minimum Gasteiger partial charge on any atom is -0.382 e. The number of halogens is 1. The molecule has 2 aromatic heterocycles. The minimum absolute atomic E-state index is 0.233. The molecule has 0 atom stereocenters. The van der Waals surface area contributed by atoms with Crippen molar-refractivity contribution in [2.75, 3.05) is 11.1 Å². The number of nitrogens with two attached hydrogens (primary N) is 2. The number of aromatic nitrogens is 4. The van der Waals surface area contributed by atoms with E-state index in [9.17, 15) is 4.39 Å². The van der Waals surface area contributed by atoms with Crippen molar-refractivity contribution >= 4 is 11.8 Å². The van der Waals surface area contributed by atoms with Crippen molar-refractivity contribution in [3.8, 4) is 11.3 Å². The van der Waals surface area contributed by atoms with Gasteiger partial charge < -0.3 is 16.8 Å². The van der Waals surface area contributed by atoms with Crippen molar-refractivity contribution in [3.05, 3.63) is 17.7 Å². The van der Waals surface area contributed by atoms with Crippen LogP contribution in [0.25, 0.3) is 11.3 Å². The second kappa shape index (κ2) is 6.83. The third-order valence-electron chi connectivity index (χ3n) is 5.46. The molecule has 2 heterocycles.